The minimum Gasteiger partial charge on any atom is -0.353 e. The Bertz CT molecular complexity index is 611. The van der Waals surface area contributed by atoms with E-state index < -0.39 is 5.54 Å². The molecule has 0 unspecified atom stereocenters. The summed E-state index contributed by atoms with van der Waals surface area (Å²) in [4.78, 5) is 32.6. The highest BCUT2D eigenvalue weighted by atomic mass is 32.1. The summed E-state index contributed by atoms with van der Waals surface area (Å²) in [6.45, 7) is 2.72. The topological polar surface area (TPSA) is 74.3 Å². The summed E-state index contributed by atoms with van der Waals surface area (Å²) in [6.07, 6.45) is 5.80. The molecule has 7 heteroatoms. The van der Waals surface area contributed by atoms with E-state index in [0.717, 1.165) is 25.1 Å². The maximum Gasteiger partial charge on any atom is 0.282 e. The zero-order chi connectivity index (χ0) is 15.9. The van der Waals surface area contributed by atoms with Crippen LogP contribution in [0.15, 0.2) is 0 Å². The molecule has 1 aliphatic carbocycles. The molecule has 1 aromatic heterocycles. The molecule has 1 aromatic rings. The monoisotopic (exact) mass is 334 g/mol. The van der Waals surface area contributed by atoms with E-state index in [1.54, 1.807) is 11.3 Å². The van der Waals surface area contributed by atoms with Gasteiger partial charge >= 0.3 is 0 Å². The summed E-state index contributed by atoms with van der Waals surface area (Å²) in [5.74, 6) is 0.121. The number of thiazole rings is 1. The first kappa shape index (κ1) is 15.1. The van der Waals surface area contributed by atoms with Gasteiger partial charge in [0.15, 0.2) is 5.01 Å². The third-order valence-corrected chi connectivity index (χ3v) is 6.39. The summed E-state index contributed by atoms with van der Waals surface area (Å²) < 4.78 is 0. The van der Waals surface area contributed by atoms with Crippen LogP contribution in [0.3, 0.4) is 0 Å². The van der Waals surface area contributed by atoms with Crippen LogP contribution in [0.2, 0.25) is 0 Å². The van der Waals surface area contributed by atoms with Crippen molar-refractivity contribution in [1.29, 1.82) is 0 Å². The molecule has 124 valence electrons. The first-order valence-corrected chi connectivity index (χ1v) is 9.31. The molecule has 0 bridgehead atoms. The fourth-order valence-electron chi connectivity index (χ4n) is 3.80. The predicted octanol–water partition coefficient (Wildman–Crippen LogP) is 0.716. The number of hydrogen-bond acceptors (Lipinski definition) is 5. The Labute approximate surface area is 139 Å². The molecule has 1 spiro atoms. The number of rotatable bonds is 1. The lowest BCUT2D eigenvalue weighted by Crippen LogP contribution is -2.66. The van der Waals surface area contributed by atoms with Gasteiger partial charge in [-0.05, 0) is 38.5 Å². The number of piperidine rings is 1. The molecule has 2 saturated heterocycles. The van der Waals surface area contributed by atoms with E-state index in [1.807, 2.05) is 4.90 Å². The molecule has 2 fully saturated rings. The quantitative estimate of drug-likeness (QED) is 0.793. The summed E-state index contributed by atoms with van der Waals surface area (Å²) >= 11 is 1.57. The molecular weight excluding hydrogens is 312 g/mol. The summed E-state index contributed by atoms with van der Waals surface area (Å²) in [7, 11) is 0. The van der Waals surface area contributed by atoms with Gasteiger partial charge in [0, 0.05) is 31.1 Å². The highest BCUT2D eigenvalue weighted by Gasteiger charge is 2.43. The zero-order valence-corrected chi connectivity index (χ0v) is 14.0. The highest BCUT2D eigenvalue weighted by Crippen LogP contribution is 2.29. The molecule has 0 aromatic carbocycles. The number of carbonyl (C=O) groups excluding carboxylic acids is 2. The molecule has 2 aliphatic heterocycles. The molecule has 3 heterocycles. The maximum atomic E-state index is 12.7. The smallest absolute Gasteiger partial charge is 0.282 e. The van der Waals surface area contributed by atoms with Crippen molar-refractivity contribution >= 4 is 23.2 Å². The Morgan fingerprint density at radius 1 is 1.17 bits per heavy atom. The van der Waals surface area contributed by atoms with Crippen molar-refractivity contribution in [2.24, 2.45) is 0 Å². The number of nitrogens with zero attached hydrogens (tertiary/aromatic N) is 2. The van der Waals surface area contributed by atoms with Crippen LogP contribution in [-0.4, -0.2) is 53.4 Å². The van der Waals surface area contributed by atoms with Gasteiger partial charge in [-0.15, -0.1) is 11.3 Å². The third kappa shape index (κ3) is 2.65. The van der Waals surface area contributed by atoms with Gasteiger partial charge in [-0.3, -0.25) is 9.59 Å². The molecule has 6 nitrogen and oxygen atoms in total. The summed E-state index contributed by atoms with van der Waals surface area (Å²) in [5, 5.41) is 6.93. The van der Waals surface area contributed by atoms with Gasteiger partial charge < -0.3 is 15.5 Å². The number of hydrogen-bond donors (Lipinski definition) is 2. The first-order chi connectivity index (χ1) is 11.2. The van der Waals surface area contributed by atoms with Gasteiger partial charge in [-0.1, -0.05) is 0 Å². The van der Waals surface area contributed by atoms with Crippen molar-refractivity contribution in [2.75, 3.05) is 26.2 Å². The lowest BCUT2D eigenvalue weighted by molar-refractivity contribution is -0.131. The van der Waals surface area contributed by atoms with E-state index in [1.165, 1.54) is 17.7 Å². The third-order valence-electron chi connectivity index (χ3n) is 5.24. The lowest BCUT2D eigenvalue weighted by atomic mass is 9.85. The van der Waals surface area contributed by atoms with Crippen molar-refractivity contribution < 1.29 is 9.59 Å². The van der Waals surface area contributed by atoms with Crippen LogP contribution < -0.4 is 10.6 Å². The number of fused-ring (bicyclic) bond motifs is 1. The predicted molar refractivity (Wildman–Crippen MR) is 87.6 cm³/mol. The number of aryl methyl sites for hydroxylation is 2. The second-order valence-corrected chi connectivity index (χ2v) is 7.74. The van der Waals surface area contributed by atoms with Gasteiger partial charge in [0.25, 0.3) is 5.91 Å². The molecule has 23 heavy (non-hydrogen) atoms. The van der Waals surface area contributed by atoms with E-state index in [0.29, 0.717) is 37.5 Å². The van der Waals surface area contributed by atoms with Crippen LogP contribution in [0.4, 0.5) is 0 Å². The SMILES string of the molecule is O=C(c1nc2c(s1)CCCC2)N1CCC2(CC1)NCCNC2=O. The number of nitrogens with one attached hydrogen (secondary N) is 2. The number of aromatic nitrogens is 1. The molecule has 0 saturated carbocycles. The van der Waals surface area contributed by atoms with E-state index >= 15 is 0 Å². The van der Waals surface area contributed by atoms with Crippen LogP contribution in [-0.2, 0) is 17.6 Å². The fraction of sp³-hybridized carbons (Fsp3) is 0.688. The Balaban J connectivity index is 1.44. The summed E-state index contributed by atoms with van der Waals surface area (Å²) in [5.41, 5.74) is 0.656. The average Bonchev–Trinajstić information content (AvgIpc) is 3.02. The maximum absolute atomic E-state index is 12.7. The molecule has 2 amide bonds. The number of likely N-dealkylation sites (tertiary alicyclic amines) is 1. The van der Waals surface area contributed by atoms with Gasteiger partial charge in [0.2, 0.25) is 5.91 Å². The van der Waals surface area contributed by atoms with Crippen molar-refractivity contribution in [3.05, 3.63) is 15.6 Å². The van der Waals surface area contributed by atoms with Gasteiger partial charge in [0.1, 0.15) is 5.54 Å². The van der Waals surface area contributed by atoms with Gasteiger partial charge in [0.05, 0.1) is 5.69 Å². The van der Waals surface area contributed by atoms with E-state index in [2.05, 4.69) is 15.6 Å². The fourth-order valence-corrected chi connectivity index (χ4v) is 4.92. The van der Waals surface area contributed by atoms with Crippen LogP contribution in [0.25, 0.3) is 0 Å². The minimum absolute atomic E-state index is 0.0375. The second kappa shape index (κ2) is 5.87. The van der Waals surface area contributed by atoms with Crippen LogP contribution in [0, 0.1) is 0 Å². The van der Waals surface area contributed by atoms with E-state index in [9.17, 15) is 9.59 Å². The zero-order valence-electron chi connectivity index (χ0n) is 13.2. The molecular formula is C16H22N4O2S. The first-order valence-electron chi connectivity index (χ1n) is 8.49. The van der Waals surface area contributed by atoms with Gasteiger partial charge in [-0.25, -0.2) is 4.98 Å². The number of amides is 2. The lowest BCUT2D eigenvalue weighted by Gasteiger charge is -2.43. The van der Waals surface area contributed by atoms with Crippen molar-refractivity contribution in [3.63, 3.8) is 0 Å². The standard InChI is InChI=1S/C16H22N4O2S/c21-14(13-19-11-3-1-2-4-12(11)23-13)20-9-5-16(6-10-20)15(22)17-7-8-18-16/h18H,1-10H2,(H,17,22). The number of carbonyl (C=O) groups is 2. The Hall–Kier alpha value is -1.47. The molecule has 3 aliphatic rings. The Morgan fingerprint density at radius 3 is 2.70 bits per heavy atom. The van der Waals surface area contributed by atoms with Crippen LogP contribution in [0.1, 0.15) is 46.1 Å². The number of piperazine rings is 1. The Morgan fingerprint density at radius 2 is 1.96 bits per heavy atom. The summed E-state index contributed by atoms with van der Waals surface area (Å²) in [6, 6.07) is 0. The van der Waals surface area contributed by atoms with Crippen molar-refractivity contribution in [1.82, 2.24) is 20.5 Å². The molecule has 4 rings (SSSR count). The normalized spacial score (nSPS) is 23.5. The van der Waals surface area contributed by atoms with Crippen LogP contribution in [0.5, 0.6) is 0 Å². The second-order valence-electron chi connectivity index (χ2n) is 6.65. The van der Waals surface area contributed by atoms with Crippen LogP contribution >= 0.6 is 11.3 Å². The van der Waals surface area contributed by atoms with Crippen molar-refractivity contribution in [2.45, 2.75) is 44.1 Å². The van der Waals surface area contributed by atoms with Gasteiger partial charge in [-0.2, -0.15) is 0 Å². The highest BCUT2D eigenvalue weighted by molar-refractivity contribution is 7.13. The van der Waals surface area contributed by atoms with E-state index in [-0.39, 0.29) is 11.8 Å². The molecule has 0 radical (unpaired) electrons. The molecule has 2 N–H and O–H groups in total. The largest absolute Gasteiger partial charge is 0.353 e. The minimum atomic E-state index is -0.475. The van der Waals surface area contributed by atoms with E-state index in [4.69, 9.17) is 0 Å². The van der Waals surface area contributed by atoms with Crippen molar-refractivity contribution in [3.8, 4) is 0 Å². The average molecular weight is 334 g/mol. The molecule has 0 atom stereocenters. The Kier molecular flexibility index (Phi) is 3.85.